The van der Waals surface area contributed by atoms with Gasteiger partial charge in [-0.3, -0.25) is 0 Å². The first-order valence-electron chi connectivity index (χ1n) is 9.51. The number of hydrogen-bond acceptors (Lipinski definition) is 7. The van der Waals surface area contributed by atoms with Gasteiger partial charge < -0.3 is 19.7 Å². The van der Waals surface area contributed by atoms with Gasteiger partial charge in [-0.2, -0.15) is 0 Å². The molecule has 0 aliphatic carbocycles. The Labute approximate surface area is 165 Å². The summed E-state index contributed by atoms with van der Waals surface area (Å²) in [7, 11) is -1.64. The van der Waals surface area contributed by atoms with Crippen LogP contribution in [0.1, 0.15) is 6.42 Å². The van der Waals surface area contributed by atoms with E-state index in [0.717, 1.165) is 35.7 Å². The van der Waals surface area contributed by atoms with Crippen molar-refractivity contribution in [3.05, 3.63) is 36.5 Å². The van der Waals surface area contributed by atoms with Gasteiger partial charge in [-0.1, -0.05) is 0 Å². The fourth-order valence-electron chi connectivity index (χ4n) is 3.58. The molecule has 0 bridgehead atoms. The fraction of sp³-hybridized carbons (Fsp3) is 0.450. The Kier molecular flexibility index (Phi) is 5.52. The fourth-order valence-corrected chi connectivity index (χ4v) is 5.22. The highest BCUT2D eigenvalue weighted by molar-refractivity contribution is 7.92. The van der Waals surface area contributed by atoms with Crippen LogP contribution in [0.2, 0.25) is 0 Å². The van der Waals surface area contributed by atoms with Crippen molar-refractivity contribution in [2.24, 2.45) is 0 Å². The summed E-state index contributed by atoms with van der Waals surface area (Å²) >= 11 is 0. The number of morpholine rings is 1. The van der Waals surface area contributed by atoms with Crippen molar-refractivity contribution in [3.8, 4) is 11.1 Å². The third-order valence-corrected chi connectivity index (χ3v) is 7.42. The molecule has 1 atom stereocenters. The standard InChI is InChI=1S/C20H25N3O4S/c1-21-20-3-2-15(13-22-20)16-10-17(23-5-8-26-9-6-23)12-19(11-16)28(24,25)18-4-7-27-14-18/h2-3,10-13,18H,4-9,14H2,1H3,(H,21,22). The number of anilines is 2. The Bertz CT molecular complexity index is 919. The van der Waals surface area contributed by atoms with Gasteiger partial charge >= 0.3 is 0 Å². The van der Waals surface area contributed by atoms with Gasteiger partial charge in [0.2, 0.25) is 0 Å². The number of sulfone groups is 1. The number of hydrogen-bond donors (Lipinski definition) is 1. The van der Waals surface area contributed by atoms with Crippen LogP contribution in [-0.4, -0.2) is 65.2 Å². The van der Waals surface area contributed by atoms with Crippen molar-refractivity contribution >= 4 is 21.3 Å². The topological polar surface area (TPSA) is 80.8 Å². The number of pyridine rings is 1. The van der Waals surface area contributed by atoms with Crippen LogP contribution < -0.4 is 10.2 Å². The van der Waals surface area contributed by atoms with Gasteiger partial charge in [-0.25, -0.2) is 13.4 Å². The third-order valence-electron chi connectivity index (χ3n) is 5.28. The van der Waals surface area contributed by atoms with E-state index in [0.29, 0.717) is 31.1 Å². The minimum Gasteiger partial charge on any atom is -0.380 e. The van der Waals surface area contributed by atoms with E-state index in [-0.39, 0.29) is 6.61 Å². The zero-order chi connectivity index (χ0) is 19.6. The van der Waals surface area contributed by atoms with Crippen molar-refractivity contribution in [1.82, 2.24) is 4.98 Å². The van der Waals surface area contributed by atoms with Gasteiger partial charge in [0, 0.05) is 44.2 Å². The van der Waals surface area contributed by atoms with Crippen molar-refractivity contribution < 1.29 is 17.9 Å². The molecule has 4 rings (SSSR count). The zero-order valence-electron chi connectivity index (χ0n) is 15.9. The lowest BCUT2D eigenvalue weighted by Crippen LogP contribution is -2.36. The minimum atomic E-state index is -3.46. The molecule has 0 amide bonds. The Morgan fingerprint density at radius 1 is 1.07 bits per heavy atom. The second-order valence-electron chi connectivity index (χ2n) is 7.03. The van der Waals surface area contributed by atoms with E-state index in [1.165, 1.54) is 0 Å². The Morgan fingerprint density at radius 2 is 1.89 bits per heavy atom. The normalized spacial score (nSPS) is 20.3. The van der Waals surface area contributed by atoms with Crippen molar-refractivity contribution in [3.63, 3.8) is 0 Å². The van der Waals surface area contributed by atoms with Crippen molar-refractivity contribution in [2.45, 2.75) is 16.6 Å². The first kappa shape index (κ1) is 19.2. The van der Waals surface area contributed by atoms with Crippen LogP contribution in [0.25, 0.3) is 11.1 Å². The summed E-state index contributed by atoms with van der Waals surface area (Å²) in [6.45, 7) is 3.52. The van der Waals surface area contributed by atoms with Crippen molar-refractivity contribution in [2.75, 3.05) is 56.8 Å². The quantitative estimate of drug-likeness (QED) is 0.820. The van der Waals surface area contributed by atoms with Gasteiger partial charge in [-0.15, -0.1) is 0 Å². The lowest BCUT2D eigenvalue weighted by molar-refractivity contribution is 0.122. The molecule has 2 aliphatic rings. The van der Waals surface area contributed by atoms with Gasteiger partial charge in [0.1, 0.15) is 5.82 Å². The number of nitrogens with zero attached hydrogens (tertiary/aromatic N) is 2. The first-order valence-corrected chi connectivity index (χ1v) is 11.1. The first-order chi connectivity index (χ1) is 13.6. The SMILES string of the molecule is CNc1ccc(-c2cc(N3CCOCC3)cc(S(=O)(=O)C3CCOC3)c2)cn1. The molecule has 8 heteroatoms. The molecule has 0 spiro atoms. The maximum atomic E-state index is 13.2. The molecule has 1 aromatic carbocycles. The van der Waals surface area contributed by atoms with E-state index in [2.05, 4.69) is 15.2 Å². The average molecular weight is 404 g/mol. The summed E-state index contributed by atoms with van der Waals surface area (Å²) in [5.41, 5.74) is 2.63. The lowest BCUT2D eigenvalue weighted by Gasteiger charge is -2.29. The van der Waals surface area contributed by atoms with Gasteiger partial charge in [0.15, 0.2) is 9.84 Å². The highest BCUT2D eigenvalue weighted by Crippen LogP contribution is 2.32. The average Bonchev–Trinajstić information content (AvgIpc) is 3.30. The third kappa shape index (κ3) is 3.85. The second-order valence-corrected chi connectivity index (χ2v) is 9.26. The lowest BCUT2D eigenvalue weighted by atomic mass is 10.1. The molecule has 0 saturated carbocycles. The van der Waals surface area contributed by atoms with E-state index >= 15 is 0 Å². The van der Waals surface area contributed by atoms with E-state index in [1.807, 2.05) is 25.2 Å². The Balaban J connectivity index is 1.78. The number of benzene rings is 1. The highest BCUT2D eigenvalue weighted by Gasteiger charge is 2.32. The van der Waals surface area contributed by atoms with E-state index in [9.17, 15) is 8.42 Å². The molecule has 2 aliphatic heterocycles. The molecule has 1 N–H and O–H groups in total. The van der Waals surface area contributed by atoms with Crippen LogP contribution in [-0.2, 0) is 19.3 Å². The van der Waals surface area contributed by atoms with Crippen molar-refractivity contribution in [1.29, 1.82) is 0 Å². The second kappa shape index (κ2) is 8.06. The Morgan fingerprint density at radius 3 is 2.54 bits per heavy atom. The summed E-state index contributed by atoms with van der Waals surface area (Å²) in [6, 6.07) is 9.42. The summed E-state index contributed by atoms with van der Waals surface area (Å²) in [4.78, 5) is 6.89. The molecular formula is C20H25N3O4S. The molecule has 2 aromatic rings. The summed E-state index contributed by atoms with van der Waals surface area (Å²) in [5, 5.41) is 2.52. The molecular weight excluding hydrogens is 378 g/mol. The number of ether oxygens (including phenoxy) is 2. The Hall–Kier alpha value is -2.16. The van der Waals surface area contributed by atoms with E-state index in [1.54, 1.807) is 18.3 Å². The predicted molar refractivity (Wildman–Crippen MR) is 109 cm³/mol. The smallest absolute Gasteiger partial charge is 0.183 e. The van der Waals surface area contributed by atoms with Crippen LogP contribution in [0.4, 0.5) is 11.5 Å². The molecule has 7 nitrogen and oxygen atoms in total. The molecule has 1 unspecified atom stereocenters. The van der Waals surface area contributed by atoms with E-state index in [4.69, 9.17) is 9.47 Å². The van der Waals surface area contributed by atoms with Crippen LogP contribution in [0, 0.1) is 0 Å². The van der Waals surface area contributed by atoms with Gasteiger partial charge in [0.05, 0.1) is 30.0 Å². The molecule has 3 heterocycles. The number of rotatable bonds is 5. The molecule has 2 fully saturated rings. The van der Waals surface area contributed by atoms with Crippen LogP contribution in [0.15, 0.2) is 41.4 Å². The molecule has 150 valence electrons. The van der Waals surface area contributed by atoms with Crippen LogP contribution in [0.5, 0.6) is 0 Å². The number of nitrogens with one attached hydrogen (secondary N) is 1. The summed E-state index contributed by atoms with van der Waals surface area (Å²) in [6.07, 6.45) is 2.30. The number of aromatic nitrogens is 1. The molecule has 1 aromatic heterocycles. The summed E-state index contributed by atoms with van der Waals surface area (Å²) < 4.78 is 37.2. The van der Waals surface area contributed by atoms with Crippen LogP contribution in [0.3, 0.4) is 0 Å². The minimum absolute atomic E-state index is 0.262. The molecule has 28 heavy (non-hydrogen) atoms. The van der Waals surface area contributed by atoms with E-state index < -0.39 is 15.1 Å². The molecule has 2 saturated heterocycles. The summed E-state index contributed by atoms with van der Waals surface area (Å²) in [5.74, 6) is 0.768. The maximum Gasteiger partial charge on any atom is 0.183 e. The van der Waals surface area contributed by atoms with Crippen LogP contribution >= 0.6 is 0 Å². The predicted octanol–water partition coefficient (Wildman–Crippen LogP) is 2.19. The highest BCUT2D eigenvalue weighted by atomic mass is 32.2. The van der Waals surface area contributed by atoms with Gasteiger partial charge in [-0.05, 0) is 42.3 Å². The monoisotopic (exact) mass is 403 g/mol. The molecule has 0 radical (unpaired) electrons. The maximum absolute atomic E-state index is 13.2. The van der Waals surface area contributed by atoms with Gasteiger partial charge in [0.25, 0.3) is 0 Å². The largest absolute Gasteiger partial charge is 0.380 e. The zero-order valence-corrected chi connectivity index (χ0v) is 16.7.